The van der Waals surface area contributed by atoms with Crippen LogP contribution in [-0.2, 0) is 0 Å². The van der Waals surface area contributed by atoms with Gasteiger partial charge in [0.15, 0.2) is 11.1 Å². The fraction of sp³-hybridized carbons (Fsp3) is 0.417. The Labute approximate surface area is 109 Å². The first kappa shape index (κ1) is 13.3. The third kappa shape index (κ3) is 3.00. The molecule has 0 bridgehead atoms. The van der Waals surface area contributed by atoms with Gasteiger partial charge in [0.05, 0.1) is 4.92 Å². The summed E-state index contributed by atoms with van der Waals surface area (Å²) in [5.41, 5.74) is 0.550. The number of benzene rings is 1. The molecule has 1 aromatic carbocycles. The van der Waals surface area contributed by atoms with Gasteiger partial charge in [-0.1, -0.05) is 13.0 Å². The highest BCUT2D eigenvalue weighted by Crippen LogP contribution is 2.27. The number of fused-ring (bicyclic) bond motifs is 1. The van der Waals surface area contributed by atoms with Crippen molar-refractivity contribution in [3.05, 3.63) is 28.3 Å². The number of aromatic nitrogens is 1. The topological polar surface area (TPSA) is 101 Å². The molecule has 0 aliphatic rings. The number of aliphatic hydroxyl groups is 1. The normalized spacial score (nSPS) is 12.5. The summed E-state index contributed by atoms with van der Waals surface area (Å²) in [7, 11) is 0. The van der Waals surface area contributed by atoms with Crippen molar-refractivity contribution in [1.29, 1.82) is 0 Å². The molecule has 1 heterocycles. The summed E-state index contributed by atoms with van der Waals surface area (Å²) >= 11 is 0. The molecule has 2 rings (SSSR count). The first-order valence-corrected chi connectivity index (χ1v) is 6.00. The number of hydrogen-bond donors (Lipinski definition) is 2. The van der Waals surface area contributed by atoms with E-state index >= 15 is 0 Å². The van der Waals surface area contributed by atoms with Gasteiger partial charge in [-0.15, -0.1) is 0 Å². The zero-order valence-corrected chi connectivity index (χ0v) is 10.5. The highest BCUT2D eigenvalue weighted by Gasteiger charge is 2.17. The van der Waals surface area contributed by atoms with Gasteiger partial charge in [0.1, 0.15) is 0 Å². The van der Waals surface area contributed by atoms with Gasteiger partial charge in [-0.25, -0.2) is 0 Å². The summed E-state index contributed by atoms with van der Waals surface area (Å²) in [6.45, 7) is 2.69. The van der Waals surface area contributed by atoms with Crippen LogP contribution in [0, 0.1) is 16.0 Å². The lowest BCUT2D eigenvalue weighted by atomic mass is 10.1. The van der Waals surface area contributed by atoms with Gasteiger partial charge in [-0.05, 0) is 18.4 Å². The van der Waals surface area contributed by atoms with E-state index in [4.69, 9.17) is 9.52 Å². The Morgan fingerprint density at radius 3 is 3.05 bits per heavy atom. The number of hydrogen-bond acceptors (Lipinski definition) is 6. The highest BCUT2D eigenvalue weighted by atomic mass is 16.6. The van der Waals surface area contributed by atoms with Crippen LogP contribution in [0.4, 0.5) is 11.7 Å². The summed E-state index contributed by atoms with van der Waals surface area (Å²) in [6, 6.07) is 4.85. The third-order valence-corrected chi connectivity index (χ3v) is 2.82. The monoisotopic (exact) mass is 265 g/mol. The summed E-state index contributed by atoms with van der Waals surface area (Å²) in [5, 5.41) is 22.6. The van der Waals surface area contributed by atoms with E-state index in [9.17, 15) is 10.1 Å². The maximum absolute atomic E-state index is 10.9. The molecule has 7 heteroatoms. The van der Waals surface area contributed by atoms with Gasteiger partial charge in [0.25, 0.3) is 11.7 Å². The van der Waals surface area contributed by atoms with E-state index in [2.05, 4.69) is 10.3 Å². The molecule has 7 nitrogen and oxygen atoms in total. The van der Waals surface area contributed by atoms with Crippen LogP contribution in [0.3, 0.4) is 0 Å². The van der Waals surface area contributed by atoms with E-state index in [1.807, 2.05) is 6.92 Å². The molecule has 0 saturated heterocycles. The smallest absolute Gasteiger partial charge is 0.298 e. The molecule has 0 fully saturated rings. The predicted octanol–water partition coefficient (Wildman–Crippen LogP) is 2.17. The lowest BCUT2D eigenvalue weighted by Crippen LogP contribution is -2.12. The second-order valence-electron chi connectivity index (χ2n) is 4.40. The molecule has 1 atom stereocenters. The number of nitrogens with one attached hydrogen (secondary N) is 1. The van der Waals surface area contributed by atoms with Gasteiger partial charge >= 0.3 is 0 Å². The number of nitro groups is 1. The van der Waals surface area contributed by atoms with Crippen molar-refractivity contribution in [3.8, 4) is 0 Å². The number of anilines is 1. The van der Waals surface area contributed by atoms with Crippen molar-refractivity contribution < 1.29 is 14.4 Å². The number of non-ortho nitro benzene ring substituents is 1. The van der Waals surface area contributed by atoms with Crippen LogP contribution in [0.1, 0.15) is 13.3 Å². The Morgan fingerprint density at radius 1 is 1.58 bits per heavy atom. The maximum atomic E-state index is 10.9. The van der Waals surface area contributed by atoms with Crippen LogP contribution in [0.25, 0.3) is 11.1 Å². The first-order valence-electron chi connectivity index (χ1n) is 6.00. The van der Waals surface area contributed by atoms with Gasteiger partial charge in [-0.2, -0.15) is 4.98 Å². The second kappa shape index (κ2) is 5.66. The summed E-state index contributed by atoms with van der Waals surface area (Å²) in [5.74, 6) is 0.259. The SMILES string of the molecule is CC(CCO)CNc1nc2c([N+](=O)[O-])cccc2o1. The Morgan fingerprint density at radius 2 is 2.37 bits per heavy atom. The predicted molar refractivity (Wildman–Crippen MR) is 70.0 cm³/mol. The zero-order valence-electron chi connectivity index (χ0n) is 10.5. The minimum absolute atomic E-state index is 0.0716. The quantitative estimate of drug-likeness (QED) is 0.613. The lowest BCUT2D eigenvalue weighted by molar-refractivity contribution is -0.383. The molecule has 19 heavy (non-hydrogen) atoms. The van der Waals surface area contributed by atoms with Crippen molar-refractivity contribution >= 4 is 22.8 Å². The average Bonchev–Trinajstić information content (AvgIpc) is 2.79. The Bertz CT molecular complexity index is 581. The van der Waals surface area contributed by atoms with Crippen molar-refractivity contribution in [1.82, 2.24) is 4.98 Å². The first-order chi connectivity index (χ1) is 9.11. The fourth-order valence-corrected chi connectivity index (χ4v) is 1.74. The molecule has 102 valence electrons. The second-order valence-corrected chi connectivity index (χ2v) is 4.40. The molecule has 1 unspecified atom stereocenters. The van der Waals surface area contributed by atoms with Crippen molar-refractivity contribution in [2.24, 2.45) is 5.92 Å². The zero-order chi connectivity index (χ0) is 13.8. The third-order valence-electron chi connectivity index (χ3n) is 2.82. The molecule has 0 aliphatic carbocycles. The average molecular weight is 265 g/mol. The van der Waals surface area contributed by atoms with Crippen molar-refractivity contribution in [2.45, 2.75) is 13.3 Å². The van der Waals surface area contributed by atoms with Crippen LogP contribution in [0.15, 0.2) is 22.6 Å². The highest BCUT2D eigenvalue weighted by molar-refractivity contribution is 5.83. The largest absolute Gasteiger partial charge is 0.423 e. The minimum Gasteiger partial charge on any atom is -0.423 e. The minimum atomic E-state index is -0.483. The molecule has 0 saturated carbocycles. The molecule has 2 aromatic rings. The molecule has 0 amide bonds. The van der Waals surface area contributed by atoms with Gasteiger partial charge in [0, 0.05) is 19.2 Å². The number of rotatable bonds is 6. The molecule has 0 radical (unpaired) electrons. The Hall–Kier alpha value is -2.15. The van der Waals surface area contributed by atoms with Crippen LogP contribution < -0.4 is 5.32 Å². The molecule has 1 aromatic heterocycles. The van der Waals surface area contributed by atoms with Gasteiger partial charge in [-0.3, -0.25) is 10.1 Å². The standard InChI is InChI=1S/C12H15N3O4/c1-8(5-6-16)7-13-12-14-11-9(15(17)18)3-2-4-10(11)19-12/h2-4,8,16H,5-7H2,1H3,(H,13,14). The molecular formula is C12H15N3O4. The lowest BCUT2D eigenvalue weighted by Gasteiger charge is -2.08. The number of para-hydroxylation sites is 1. The number of nitro benzene ring substituents is 1. The van der Waals surface area contributed by atoms with E-state index < -0.39 is 4.92 Å². The Kier molecular flexibility index (Phi) is 3.96. The van der Waals surface area contributed by atoms with Crippen molar-refractivity contribution in [2.75, 3.05) is 18.5 Å². The van der Waals surface area contributed by atoms with E-state index in [-0.39, 0.29) is 29.7 Å². The van der Waals surface area contributed by atoms with Crippen molar-refractivity contribution in [3.63, 3.8) is 0 Å². The number of nitrogens with zero attached hydrogens (tertiary/aromatic N) is 2. The van der Waals surface area contributed by atoms with Crippen LogP contribution in [0.2, 0.25) is 0 Å². The van der Waals surface area contributed by atoms with E-state index in [0.717, 1.165) is 0 Å². The summed E-state index contributed by atoms with van der Waals surface area (Å²) in [6.07, 6.45) is 0.674. The van der Waals surface area contributed by atoms with E-state index in [1.165, 1.54) is 6.07 Å². The van der Waals surface area contributed by atoms with Crippen LogP contribution >= 0.6 is 0 Å². The van der Waals surface area contributed by atoms with Crippen LogP contribution in [-0.4, -0.2) is 28.2 Å². The van der Waals surface area contributed by atoms with E-state index in [1.54, 1.807) is 12.1 Å². The van der Waals surface area contributed by atoms with Gasteiger partial charge in [0.2, 0.25) is 0 Å². The van der Waals surface area contributed by atoms with Gasteiger partial charge < -0.3 is 14.8 Å². The molecular weight excluding hydrogens is 250 g/mol. The molecule has 0 aliphatic heterocycles. The molecule has 2 N–H and O–H groups in total. The number of aliphatic hydroxyl groups excluding tert-OH is 1. The van der Waals surface area contributed by atoms with Crippen LogP contribution in [0.5, 0.6) is 0 Å². The maximum Gasteiger partial charge on any atom is 0.298 e. The number of oxazole rings is 1. The summed E-state index contributed by atoms with van der Waals surface area (Å²) in [4.78, 5) is 14.5. The summed E-state index contributed by atoms with van der Waals surface area (Å²) < 4.78 is 5.40. The Balaban J connectivity index is 2.17. The van der Waals surface area contributed by atoms with E-state index in [0.29, 0.717) is 18.5 Å². The fourth-order valence-electron chi connectivity index (χ4n) is 1.74. The molecule has 0 spiro atoms.